The predicted octanol–water partition coefficient (Wildman–Crippen LogP) is 1.33. The van der Waals surface area contributed by atoms with Crippen molar-refractivity contribution in [2.45, 2.75) is 18.6 Å². The Morgan fingerprint density at radius 2 is 2.00 bits per heavy atom. The lowest BCUT2D eigenvalue weighted by Gasteiger charge is -2.25. The van der Waals surface area contributed by atoms with Crippen molar-refractivity contribution in [1.29, 1.82) is 0 Å². The average molecular weight is 310 g/mol. The minimum absolute atomic E-state index is 0.00279. The molecular formula is C17H18N4O2. The van der Waals surface area contributed by atoms with Crippen LogP contribution in [0.2, 0.25) is 0 Å². The number of fused-ring (bicyclic) bond motifs is 1. The fraction of sp³-hybridized carbons (Fsp3) is 0.294. The smallest absolute Gasteiger partial charge is 0.157 e. The molecule has 2 N–H and O–H groups in total. The van der Waals surface area contributed by atoms with E-state index in [1.807, 2.05) is 47.4 Å². The van der Waals surface area contributed by atoms with E-state index in [9.17, 15) is 10.2 Å². The van der Waals surface area contributed by atoms with E-state index in [-0.39, 0.29) is 12.6 Å². The van der Waals surface area contributed by atoms with Gasteiger partial charge < -0.3 is 15.1 Å². The van der Waals surface area contributed by atoms with Crippen molar-refractivity contribution < 1.29 is 10.2 Å². The molecule has 3 heterocycles. The van der Waals surface area contributed by atoms with Gasteiger partial charge in [0.2, 0.25) is 0 Å². The van der Waals surface area contributed by atoms with Crippen LogP contribution in [0, 0.1) is 0 Å². The minimum atomic E-state index is -0.439. The van der Waals surface area contributed by atoms with Crippen molar-refractivity contribution in [3.8, 4) is 11.3 Å². The third-order valence-corrected chi connectivity index (χ3v) is 4.31. The number of anilines is 1. The first kappa shape index (κ1) is 14.2. The number of aromatic nitrogens is 3. The van der Waals surface area contributed by atoms with Gasteiger partial charge in [-0.3, -0.25) is 0 Å². The number of benzene rings is 1. The molecule has 0 spiro atoms. The summed E-state index contributed by atoms with van der Waals surface area (Å²) >= 11 is 0. The fourth-order valence-corrected chi connectivity index (χ4v) is 3.20. The standard InChI is InChI=1S/C17H18N4O2/c22-11-13-8-14(23)10-20(13)17-9-15(12-4-2-1-3-5-12)19-16-6-7-18-21(16)17/h1-7,9,13-14,22-23H,8,10-11H2/t13-,14-/m0/s1. The fourth-order valence-electron chi connectivity index (χ4n) is 3.20. The number of nitrogens with zero attached hydrogens (tertiary/aromatic N) is 4. The van der Waals surface area contributed by atoms with Crippen molar-refractivity contribution in [3.05, 3.63) is 48.7 Å². The van der Waals surface area contributed by atoms with Gasteiger partial charge in [-0.1, -0.05) is 30.3 Å². The van der Waals surface area contributed by atoms with E-state index in [4.69, 9.17) is 0 Å². The van der Waals surface area contributed by atoms with Gasteiger partial charge in [0.25, 0.3) is 0 Å². The van der Waals surface area contributed by atoms with Gasteiger partial charge >= 0.3 is 0 Å². The summed E-state index contributed by atoms with van der Waals surface area (Å²) < 4.78 is 1.76. The number of rotatable bonds is 3. The Morgan fingerprint density at radius 1 is 1.17 bits per heavy atom. The number of aliphatic hydroxyl groups excluding tert-OH is 2. The van der Waals surface area contributed by atoms with Gasteiger partial charge in [0, 0.05) is 24.2 Å². The molecule has 0 aliphatic carbocycles. The van der Waals surface area contributed by atoms with Gasteiger partial charge in [0.15, 0.2) is 5.65 Å². The summed E-state index contributed by atoms with van der Waals surface area (Å²) in [5.41, 5.74) is 2.63. The van der Waals surface area contributed by atoms with Crippen LogP contribution in [0.4, 0.5) is 5.82 Å². The number of hydrogen-bond acceptors (Lipinski definition) is 5. The number of aliphatic hydroxyl groups is 2. The van der Waals surface area contributed by atoms with E-state index in [2.05, 4.69) is 10.1 Å². The largest absolute Gasteiger partial charge is 0.394 e. The van der Waals surface area contributed by atoms with Crippen molar-refractivity contribution in [2.75, 3.05) is 18.1 Å². The Labute approximate surface area is 133 Å². The van der Waals surface area contributed by atoms with Crippen molar-refractivity contribution in [1.82, 2.24) is 14.6 Å². The van der Waals surface area contributed by atoms with Crippen LogP contribution in [0.15, 0.2) is 48.7 Å². The molecule has 0 radical (unpaired) electrons. The second-order valence-corrected chi connectivity index (χ2v) is 5.85. The van der Waals surface area contributed by atoms with Crippen molar-refractivity contribution in [3.63, 3.8) is 0 Å². The quantitative estimate of drug-likeness (QED) is 0.763. The molecule has 118 valence electrons. The Balaban J connectivity index is 1.87. The van der Waals surface area contributed by atoms with E-state index in [1.165, 1.54) is 0 Å². The van der Waals surface area contributed by atoms with Crippen LogP contribution in [0.5, 0.6) is 0 Å². The molecule has 6 heteroatoms. The summed E-state index contributed by atoms with van der Waals surface area (Å²) in [6.45, 7) is 0.487. The maximum atomic E-state index is 9.97. The Kier molecular flexibility index (Phi) is 3.48. The highest BCUT2D eigenvalue weighted by atomic mass is 16.3. The van der Waals surface area contributed by atoms with E-state index >= 15 is 0 Å². The molecule has 0 amide bonds. The average Bonchev–Trinajstić information content (AvgIpc) is 3.20. The summed E-state index contributed by atoms with van der Waals surface area (Å²) in [7, 11) is 0. The molecule has 6 nitrogen and oxygen atoms in total. The van der Waals surface area contributed by atoms with Crippen LogP contribution < -0.4 is 4.90 Å². The Bertz CT molecular complexity index is 818. The molecule has 2 atom stereocenters. The van der Waals surface area contributed by atoms with Gasteiger partial charge in [-0.2, -0.15) is 9.61 Å². The topological polar surface area (TPSA) is 73.9 Å². The van der Waals surface area contributed by atoms with E-state index in [0.717, 1.165) is 22.7 Å². The van der Waals surface area contributed by atoms with Crippen LogP contribution in [0.3, 0.4) is 0 Å². The molecule has 1 saturated heterocycles. The first-order valence-corrected chi connectivity index (χ1v) is 7.72. The van der Waals surface area contributed by atoms with Gasteiger partial charge in [-0.25, -0.2) is 4.98 Å². The molecule has 23 heavy (non-hydrogen) atoms. The summed E-state index contributed by atoms with van der Waals surface area (Å²) in [6, 6.07) is 13.7. The second kappa shape index (κ2) is 5.64. The summed E-state index contributed by atoms with van der Waals surface area (Å²) in [5, 5.41) is 23.9. The molecule has 0 saturated carbocycles. The maximum absolute atomic E-state index is 9.97. The summed E-state index contributed by atoms with van der Waals surface area (Å²) in [6.07, 6.45) is 1.83. The zero-order valence-corrected chi connectivity index (χ0v) is 12.6. The lowest BCUT2D eigenvalue weighted by Crippen LogP contribution is -2.34. The van der Waals surface area contributed by atoms with Crippen LogP contribution in [-0.4, -0.2) is 50.1 Å². The molecule has 1 fully saturated rings. The van der Waals surface area contributed by atoms with Gasteiger partial charge in [-0.05, 0) is 6.42 Å². The Hall–Kier alpha value is -2.44. The first-order chi connectivity index (χ1) is 11.3. The molecule has 1 aliphatic rings. The van der Waals surface area contributed by atoms with Crippen LogP contribution in [0.25, 0.3) is 16.9 Å². The molecule has 0 bridgehead atoms. The third kappa shape index (κ3) is 2.46. The SMILES string of the molecule is OC[C@@H]1C[C@H](O)CN1c1cc(-c2ccccc2)nc2ccnn12. The third-order valence-electron chi connectivity index (χ3n) is 4.31. The molecule has 3 aromatic rings. The van der Waals surface area contributed by atoms with E-state index in [1.54, 1.807) is 10.7 Å². The second-order valence-electron chi connectivity index (χ2n) is 5.85. The highest BCUT2D eigenvalue weighted by molar-refractivity contribution is 5.67. The Morgan fingerprint density at radius 3 is 2.78 bits per heavy atom. The zero-order chi connectivity index (χ0) is 15.8. The highest BCUT2D eigenvalue weighted by Gasteiger charge is 2.32. The minimum Gasteiger partial charge on any atom is -0.394 e. The van der Waals surface area contributed by atoms with Gasteiger partial charge in [0.05, 0.1) is 30.6 Å². The summed E-state index contributed by atoms with van der Waals surface area (Å²) in [5.74, 6) is 0.842. The molecular weight excluding hydrogens is 292 g/mol. The molecule has 0 unspecified atom stereocenters. The van der Waals surface area contributed by atoms with E-state index in [0.29, 0.717) is 13.0 Å². The maximum Gasteiger partial charge on any atom is 0.157 e. The molecule has 2 aromatic heterocycles. The zero-order valence-electron chi connectivity index (χ0n) is 12.6. The van der Waals surface area contributed by atoms with Crippen LogP contribution in [0.1, 0.15) is 6.42 Å². The summed E-state index contributed by atoms with van der Waals surface area (Å²) in [4.78, 5) is 6.67. The first-order valence-electron chi connectivity index (χ1n) is 7.72. The molecule has 1 aromatic carbocycles. The van der Waals surface area contributed by atoms with Crippen LogP contribution in [-0.2, 0) is 0 Å². The van der Waals surface area contributed by atoms with Gasteiger partial charge in [-0.15, -0.1) is 0 Å². The molecule has 1 aliphatic heterocycles. The van der Waals surface area contributed by atoms with Crippen molar-refractivity contribution >= 4 is 11.5 Å². The molecule has 4 rings (SSSR count). The lowest BCUT2D eigenvalue weighted by molar-refractivity contribution is 0.184. The predicted molar refractivity (Wildman–Crippen MR) is 87.3 cm³/mol. The van der Waals surface area contributed by atoms with Crippen molar-refractivity contribution in [2.24, 2.45) is 0 Å². The lowest BCUT2D eigenvalue weighted by atomic mass is 10.1. The monoisotopic (exact) mass is 310 g/mol. The highest BCUT2D eigenvalue weighted by Crippen LogP contribution is 2.29. The van der Waals surface area contributed by atoms with E-state index < -0.39 is 6.10 Å². The normalized spacial score (nSPS) is 21.2. The number of β-amino-alcohol motifs (C(OH)–C–C–N with tert-alkyl or cyclic N) is 1. The van der Waals surface area contributed by atoms with Gasteiger partial charge in [0.1, 0.15) is 5.82 Å². The van der Waals surface area contributed by atoms with Crippen LogP contribution >= 0.6 is 0 Å². The number of hydrogen-bond donors (Lipinski definition) is 2.